The second-order valence-electron chi connectivity index (χ2n) is 4.89. The molecule has 116 valence electrons. The highest BCUT2D eigenvalue weighted by molar-refractivity contribution is 5.95. The second-order valence-corrected chi connectivity index (χ2v) is 4.89. The first kappa shape index (κ1) is 15.7. The third kappa shape index (κ3) is 4.12. The van der Waals surface area contributed by atoms with Crippen molar-refractivity contribution in [2.24, 2.45) is 0 Å². The zero-order valence-electron chi connectivity index (χ0n) is 11.7. The Balaban J connectivity index is 1.81. The maximum Gasteiger partial charge on any atom is 0.257 e. The Morgan fingerprint density at radius 2 is 2.05 bits per heavy atom. The Morgan fingerprint density at radius 3 is 2.76 bits per heavy atom. The standard InChI is InChI=1S/C14H19F2N3O2/c15-10-2-3-11(17)13(16)12(10)14(20)18-4-1-5-19-6-8-21-9-7-19/h2-3H,1,4-9,17H2,(H,18,20). The lowest BCUT2D eigenvalue weighted by atomic mass is 10.1. The van der Waals surface area contributed by atoms with Crippen molar-refractivity contribution >= 4 is 11.6 Å². The number of rotatable bonds is 5. The Kier molecular flexibility index (Phi) is 5.46. The fourth-order valence-corrected chi connectivity index (χ4v) is 2.19. The first-order valence-electron chi connectivity index (χ1n) is 6.91. The molecule has 21 heavy (non-hydrogen) atoms. The van der Waals surface area contributed by atoms with Crippen LogP contribution < -0.4 is 11.1 Å². The first-order chi connectivity index (χ1) is 10.1. The Labute approximate surface area is 122 Å². The lowest BCUT2D eigenvalue weighted by Crippen LogP contribution is -2.38. The van der Waals surface area contributed by atoms with E-state index in [1.54, 1.807) is 0 Å². The molecule has 0 atom stereocenters. The lowest BCUT2D eigenvalue weighted by molar-refractivity contribution is 0.0374. The van der Waals surface area contributed by atoms with Gasteiger partial charge >= 0.3 is 0 Å². The molecular formula is C14H19F2N3O2. The van der Waals surface area contributed by atoms with E-state index in [-0.39, 0.29) is 5.69 Å². The highest BCUT2D eigenvalue weighted by Crippen LogP contribution is 2.18. The quantitative estimate of drug-likeness (QED) is 0.629. The molecule has 5 nitrogen and oxygen atoms in total. The van der Waals surface area contributed by atoms with Crippen LogP contribution in [0.2, 0.25) is 0 Å². The van der Waals surface area contributed by atoms with Gasteiger partial charge in [-0.3, -0.25) is 9.69 Å². The Bertz CT molecular complexity index is 505. The van der Waals surface area contributed by atoms with Crippen LogP contribution in [0.1, 0.15) is 16.8 Å². The highest BCUT2D eigenvalue weighted by atomic mass is 19.1. The van der Waals surface area contributed by atoms with Gasteiger partial charge in [-0.05, 0) is 25.1 Å². The van der Waals surface area contributed by atoms with E-state index < -0.39 is 23.1 Å². The number of hydrogen-bond donors (Lipinski definition) is 2. The molecule has 7 heteroatoms. The second kappa shape index (κ2) is 7.33. The maximum absolute atomic E-state index is 13.7. The molecule has 1 aromatic carbocycles. The number of nitrogens with zero attached hydrogens (tertiary/aromatic N) is 1. The number of nitrogens with two attached hydrogens (primary N) is 1. The summed E-state index contributed by atoms with van der Waals surface area (Å²) in [7, 11) is 0. The molecule has 1 saturated heterocycles. The summed E-state index contributed by atoms with van der Waals surface area (Å²) < 4.78 is 32.4. The molecule has 1 amide bonds. The van der Waals surface area contributed by atoms with Crippen LogP contribution in [0.15, 0.2) is 12.1 Å². The molecule has 0 radical (unpaired) electrons. The molecule has 2 rings (SSSR count). The van der Waals surface area contributed by atoms with E-state index in [0.29, 0.717) is 26.2 Å². The van der Waals surface area contributed by atoms with E-state index >= 15 is 0 Å². The number of morpholine rings is 1. The molecule has 0 aliphatic carbocycles. The molecule has 1 aromatic rings. The Hall–Kier alpha value is -1.73. The maximum atomic E-state index is 13.7. The minimum absolute atomic E-state index is 0.241. The van der Waals surface area contributed by atoms with Crippen LogP contribution in [-0.4, -0.2) is 50.2 Å². The monoisotopic (exact) mass is 299 g/mol. The molecule has 1 aliphatic heterocycles. The number of carbonyl (C=O) groups excluding carboxylic acids is 1. The summed E-state index contributed by atoms with van der Waals surface area (Å²) in [6.45, 7) is 4.33. The van der Waals surface area contributed by atoms with E-state index in [4.69, 9.17) is 10.5 Å². The predicted octanol–water partition coefficient (Wildman–Crippen LogP) is 0.999. The van der Waals surface area contributed by atoms with Crippen molar-refractivity contribution in [2.75, 3.05) is 45.1 Å². The van der Waals surface area contributed by atoms with Gasteiger partial charge in [0.15, 0.2) is 5.82 Å². The van der Waals surface area contributed by atoms with Crippen molar-refractivity contribution in [1.82, 2.24) is 10.2 Å². The van der Waals surface area contributed by atoms with Gasteiger partial charge in [0.1, 0.15) is 11.4 Å². The summed E-state index contributed by atoms with van der Waals surface area (Å²) in [5, 5.41) is 2.52. The van der Waals surface area contributed by atoms with Crippen LogP contribution in [0.3, 0.4) is 0 Å². The number of halogens is 2. The number of benzene rings is 1. The van der Waals surface area contributed by atoms with Crippen LogP contribution in [0.25, 0.3) is 0 Å². The molecule has 1 heterocycles. The average molecular weight is 299 g/mol. The molecular weight excluding hydrogens is 280 g/mol. The topological polar surface area (TPSA) is 67.6 Å². The zero-order chi connectivity index (χ0) is 15.2. The van der Waals surface area contributed by atoms with Gasteiger partial charge in [-0.25, -0.2) is 8.78 Å². The first-order valence-corrected chi connectivity index (χ1v) is 6.91. The van der Waals surface area contributed by atoms with E-state index in [0.717, 1.165) is 31.8 Å². The highest BCUT2D eigenvalue weighted by Gasteiger charge is 2.19. The fraction of sp³-hybridized carbons (Fsp3) is 0.500. The minimum atomic E-state index is -1.01. The van der Waals surface area contributed by atoms with Gasteiger partial charge in [-0.15, -0.1) is 0 Å². The summed E-state index contributed by atoms with van der Waals surface area (Å²) >= 11 is 0. The smallest absolute Gasteiger partial charge is 0.257 e. The fourth-order valence-electron chi connectivity index (χ4n) is 2.19. The van der Waals surface area contributed by atoms with Gasteiger partial charge in [0, 0.05) is 19.6 Å². The summed E-state index contributed by atoms with van der Waals surface area (Å²) in [5.74, 6) is -2.70. The van der Waals surface area contributed by atoms with Crippen molar-refractivity contribution in [3.8, 4) is 0 Å². The number of nitrogen functional groups attached to an aromatic ring is 1. The molecule has 0 bridgehead atoms. The minimum Gasteiger partial charge on any atom is -0.396 e. The van der Waals surface area contributed by atoms with Gasteiger partial charge in [-0.2, -0.15) is 0 Å². The third-order valence-corrected chi connectivity index (χ3v) is 3.39. The zero-order valence-corrected chi connectivity index (χ0v) is 11.7. The van der Waals surface area contributed by atoms with Crippen molar-refractivity contribution in [3.63, 3.8) is 0 Å². The van der Waals surface area contributed by atoms with Gasteiger partial charge in [0.25, 0.3) is 5.91 Å². The van der Waals surface area contributed by atoms with Crippen LogP contribution in [0, 0.1) is 11.6 Å². The normalized spacial score (nSPS) is 15.9. The van der Waals surface area contributed by atoms with Gasteiger partial charge < -0.3 is 15.8 Å². The van der Waals surface area contributed by atoms with Crippen molar-refractivity contribution < 1.29 is 18.3 Å². The van der Waals surface area contributed by atoms with Crippen molar-refractivity contribution in [2.45, 2.75) is 6.42 Å². The summed E-state index contributed by atoms with van der Waals surface area (Å²) in [6.07, 6.45) is 0.706. The van der Waals surface area contributed by atoms with Gasteiger partial charge in [0.05, 0.1) is 18.9 Å². The van der Waals surface area contributed by atoms with E-state index in [9.17, 15) is 13.6 Å². The number of hydrogen-bond acceptors (Lipinski definition) is 4. The number of ether oxygens (including phenoxy) is 1. The molecule has 0 spiro atoms. The molecule has 0 aromatic heterocycles. The molecule has 3 N–H and O–H groups in total. The van der Waals surface area contributed by atoms with Crippen LogP contribution >= 0.6 is 0 Å². The predicted molar refractivity (Wildman–Crippen MR) is 75.0 cm³/mol. The third-order valence-electron chi connectivity index (χ3n) is 3.39. The summed E-state index contributed by atoms with van der Waals surface area (Å²) in [6, 6.07) is 2.08. The molecule has 1 aliphatic rings. The molecule has 1 fully saturated rings. The lowest BCUT2D eigenvalue weighted by Gasteiger charge is -2.26. The number of amides is 1. The average Bonchev–Trinajstić information content (AvgIpc) is 2.49. The number of carbonyl (C=O) groups is 1. The van der Waals surface area contributed by atoms with E-state index in [1.807, 2.05) is 0 Å². The van der Waals surface area contributed by atoms with Gasteiger partial charge in [0.2, 0.25) is 0 Å². The van der Waals surface area contributed by atoms with Crippen molar-refractivity contribution in [1.29, 1.82) is 0 Å². The number of anilines is 1. The number of nitrogens with one attached hydrogen (secondary N) is 1. The van der Waals surface area contributed by atoms with Gasteiger partial charge in [-0.1, -0.05) is 0 Å². The largest absolute Gasteiger partial charge is 0.396 e. The SMILES string of the molecule is Nc1ccc(F)c(C(=O)NCCCN2CCOCC2)c1F. The van der Waals surface area contributed by atoms with Crippen LogP contribution in [-0.2, 0) is 4.74 Å². The molecule has 0 unspecified atom stereocenters. The van der Waals surface area contributed by atoms with Crippen LogP contribution in [0.4, 0.5) is 14.5 Å². The van der Waals surface area contributed by atoms with Crippen molar-refractivity contribution in [3.05, 3.63) is 29.3 Å². The van der Waals surface area contributed by atoms with E-state index in [1.165, 1.54) is 0 Å². The summed E-state index contributed by atoms with van der Waals surface area (Å²) in [4.78, 5) is 14.0. The Morgan fingerprint density at radius 1 is 1.33 bits per heavy atom. The summed E-state index contributed by atoms with van der Waals surface area (Å²) in [5.41, 5.74) is 4.47. The van der Waals surface area contributed by atoms with E-state index in [2.05, 4.69) is 10.2 Å². The molecule has 0 saturated carbocycles. The van der Waals surface area contributed by atoms with Crippen LogP contribution in [0.5, 0.6) is 0 Å².